The molecule has 0 atom stereocenters. The van der Waals surface area contributed by atoms with Gasteiger partial charge in [0.2, 0.25) is 10.0 Å². The Morgan fingerprint density at radius 2 is 1.59 bits per heavy atom. The minimum atomic E-state index is -3.26. The lowest BCUT2D eigenvalue weighted by Crippen LogP contribution is -2.47. The topological polar surface area (TPSA) is 63.2 Å². The fourth-order valence-electron chi connectivity index (χ4n) is 2.51. The number of hydrogen-bond donors (Lipinski definition) is 1. The predicted octanol–water partition coefficient (Wildman–Crippen LogP) is 1.96. The largest absolute Gasteiger partial charge is 0.299 e. The smallest absolute Gasteiger partial charge is 0.209 e. The average Bonchev–Trinajstić information content (AvgIpc) is 1.94. The molecule has 0 aliphatic rings. The fraction of sp³-hybridized carbons (Fsp3) is 0.917. The highest BCUT2D eigenvalue weighted by molar-refractivity contribution is 7.88. The zero-order chi connectivity index (χ0) is 14.1. The van der Waals surface area contributed by atoms with Crippen molar-refractivity contribution in [3.05, 3.63) is 0 Å². The molecule has 0 amide bonds. The molecule has 0 radical (unpaired) electrons. The first-order chi connectivity index (χ1) is 7.27. The molecule has 0 aliphatic carbocycles. The molecule has 0 fully saturated rings. The van der Waals surface area contributed by atoms with Crippen LogP contribution in [0.4, 0.5) is 0 Å². The highest BCUT2D eigenvalue weighted by atomic mass is 32.2. The van der Waals surface area contributed by atoms with Crippen molar-refractivity contribution in [2.75, 3.05) is 6.26 Å². The van der Waals surface area contributed by atoms with Crippen LogP contribution in [0, 0.1) is 11.3 Å². The van der Waals surface area contributed by atoms with E-state index in [0.29, 0.717) is 6.42 Å². The molecule has 0 aliphatic heterocycles. The van der Waals surface area contributed by atoms with Crippen LogP contribution in [-0.4, -0.2) is 26.0 Å². The van der Waals surface area contributed by atoms with E-state index in [0.717, 1.165) is 6.26 Å². The molecule has 0 aromatic rings. The van der Waals surface area contributed by atoms with Crippen LogP contribution in [0.3, 0.4) is 0 Å². The molecule has 0 heterocycles. The van der Waals surface area contributed by atoms with Crippen molar-refractivity contribution >= 4 is 15.8 Å². The van der Waals surface area contributed by atoms with Crippen molar-refractivity contribution in [3.63, 3.8) is 0 Å². The van der Waals surface area contributed by atoms with E-state index in [4.69, 9.17) is 0 Å². The van der Waals surface area contributed by atoms with E-state index in [-0.39, 0.29) is 11.7 Å². The summed E-state index contributed by atoms with van der Waals surface area (Å²) in [5.41, 5.74) is -1.16. The summed E-state index contributed by atoms with van der Waals surface area (Å²) in [7, 11) is -3.26. The second-order valence-corrected chi connectivity index (χ2v) is 8.09. The normalized spacial score (nSPS) is 14.1. The second kappa shape index (κ2) is 5.06. The maximum absolute atomic E-state index is 12.0. The Hall–Kier alpha value is -0.420. The van der Waals surface area contributed by atoms with Crippen molar-refractivity contribution in [1.29, 1.82) is 0 Å². The van der Waals surface area contributed by atoms with E-state index in [1.54, 1.807) is 13.8 Å². The van der Waals surface area contributed by atoms with Gasteiger partial charge in [-0.2, -0.15) is 0 Å². The van der Waals surface area contributed by atoms with Gasteiger partial charge in [-0.05, 0) is 20.3 Å². The quantitative estimate of drug-likeness (QED) is 0.796. The maximum atomic E-state index is 12.0. The number of carbonyl (C=O) groups excluding carboxylic acids is 1. The third-order valence-electron chi connectivity index (χ3n) is 2.54. The zero-order valence-corrected chi connectivity index (χ0v) is 12.7. The second-order valence-electron chi connectivity index (χ2n) is 6.34. The Balaban J connectivity index is 4.88. The Morgan fingerprint density at radius 3 is 1.88 bits per heavy atom. The Labute approximate surface area is 105 Å². The third-order valence-corrected chi connectivity index (χ3v) is 3.46. The molecule has 1 N–H and O–H groups in total. The van der Waals surface area contributed by atoms with Gasteiger partial charge in [0.25, 0.3) is 0 Å². The summed E-state index contributed by atoms with van der Waals surface area (Å²) in [5, 5.41) is 0. The molecule has 0 aromatic carbocycles. The van der Waals surface area contributed by atoms with Crippen molar-refractivity contribution in [1.82, 2.24) is 4.72 Å². The highest BCUT2D eigenvalue weighted by Gasteiger charge is 2.36. The Bertz CT molecular complexity index is 381. The van der Waals surface area contributed by atoms with Gasteiger partial charge in [-0.25, -0.2) is 13.1 Å². The molecule has 0 bridgehead atoms. The molecule has 0 spiro atoms. The third kappa shape index (κ3) is 6.17. The molecule has 0 unspecified atom stereocenters. The first-order valence-electron chi connectivity index (χ1n) is 5.80. The van der Waals surface area contributed by atoms with E-state index >= 15 is 0 Å². The molecule has 0 saturated carbocycles. The SMILES string of the molecule is CC(C)C(=O)C(C)(C)CC(C)(C)NS(C)(=O)=O. The summed E-state index contributed by atoms with van der Waals surface area (Å²) in [5.74, 6) is 0.111. The van der Waals surface area contributed by atoms with Gasteiger partial charge >= 0.3 is 0 Å². The van der Waals surface area contributed by atoms with Crippen LogP contribution in [0.25, 0.3) is 0 Å². The van der Waals surface area contributed by atoms with Crippen LogP contribution in [0.15, 0.2) is 0 Å². The molecule has 102 valence electrons. The van der Waals surface area contributed by atoms with E-state index in [9.17, 15) is 13.2 Å². The number of ketones is 1. The monoisotopic (exact) mass is 263 g/mol. The van der Waals surface area contributed by atoms with E-state index in [1.165, 1.54) is 0 Å². The number of hydrogen-bond acceptors (Lipinski definition) is 3. The van der Waals surface area contributed by atoms with Crippen LogP contribution in [0.1, 0.15) is 48.0 Å². The van der Waals surface area contributed by atoms with Crippen molar-refractivity contribution in [3.8, 4) is 0 Å². The number of sulfonamides is 1. The molecular formula is C12H25NO3S. The summed E-state index contributed by atoms with van der Waals surface area (Å²) in [6, 6.07) is 0. The van der Waals surface area contributed by atoms with Gasteiger partial charge in [-0.1, -0.05) is 27.7 Å². The van der Waals surface area contributed by atoms with Gasteiger partial charge in [0, 0.05) is 16.9 Å². The molecule has 17 heavy (non-hydrogen) atoms. The number of nitrogens with one attached hydrogen (secondary N) is 1. The minimum absolute atomic E-state index is 0.0426. The average molecular weight is 263 g/mol. The zero-order valence-electron chi connectivity index (χ0n) is 11.9. The molecule has 5 heteroatoms. The lowest BCUT2D eigenvalue weighted by molar-refractivity contribution is -0.131. The molecule has 0 aromatic heterocycles. The number of carbonyl (C=O) groups is 1. The molecule has 0 saturated heterocycles. The summed E-state index contributed by atoms with van der Waals surface area (Å²) < 4.78 is 25.0. The van der Waals surface area contributed by atoms with Gasteiger partial charge in [-0.15, -0.1) is 0 Å². The molecule has 0 rings (SSSR count). The van der Waals surface area contributed by atoms with E-state index in [1.807, 2.05) is 27.7 Å². The standard InChI is InChI=1S/C12H25NO3S/c1-9(2)10(14)11(3,4)8-12(5,6)13-17(7,15)16/h9,13H,8H2,1-7H3. The van der Waals surface area contributed by atoms with Crippen molar-refractivity contribution in [2.45, 2.75) is 53.5 Å². The highest BCUT2D eigenvalue weighted by Crippen LogP contribution is 2.31. The summed E-state index contributed by atoms with van der Waals surface area (Å²) in [4.78, 5) is 12.0. The van der Waals surface area contributed by atoms with E-state index < -0.39 is 21.0 Å². The summed E-state index contributed by atoms with van der Waals surface area (Å²) in [6.07, 6.45) is 1.61. The van der Waals surface area contributed by atoms with Crippen LogP contribution >= 0.6 is 0 Å². The first-order valence-corrected chi connectivity index (χ1v) is 7.69. The van der Waals surface area contributed by atoms with Gasteiger partial charge in [0.1, 0.15) is 5.78 Å². The maximum Gasteiger partial charge on any atom is 0.209 e. The summed E-state index contributed by atoms with van der Waals surface area (Å²) >= 11 is 0. The van der Waals surface area contributed by atoms with Gasteiger partial charge in [-0.3, -0.25) is 4.79 Å². The fourth-order valence-corrected chi connectivity index (χ4v) is 3.59. The lowest BCUT2D eigenvalue weighted by Gasteiger charge is -2.35. The number of Topliss-reactive ketones (excluding diaryl/α,β-unsaturated/α-hetero) is 1. The Kier molecular flexibility index (Phi) is 4.94. The van der Waals surface area contributed by atoms with Gasteiger partial charge < -0.3 is 0 Å². The van der Waals surface area contributed by atoms with Crippen LogP contribution in [0.5, 0.6) is 0 Å². The van der Waals surface area contributed by atoms with E-state index in [2.05, 4.69) is 4.72 Å². The minimum Gasteiger partial charge on any atom is -0.299 e. The first kappa shape index (κ1) is 16.6. The molecule has 4 nitrogen and oxygen atoms in total. The van der Waals surface area contributed by atoms with Crippen molar-refractivity contribution < 1.29 is 13.2 Å². The van der Waals surface area contributed by atoms with Gasteiger partial charge in [0.05, 0.1) is 6.26 Å². The number of rotatable bonds is 6. The lowest BCUT2D eigenvalue weighted by atomic mass is 9.74. The van der Waals surface area contributed by atoms with Crippen LogP contribution < -0.4 is 4.72 Å². The molecular weight excluding hydrogens is 238 g/mol. The van der Waals surface area contributed by atoms with Crippen molar-refractivity contribution in [2.24, 2.45) is 11.3 Å². The van der Waals surface area contributed by atoms with Crippen LogP contribution in [0.2, 0.25) is 0 Å². The summed E-state index contributed by atoms with van der Waals surface area (Å²) in [6.45, 7) is 11.0. The Morgan fingerprint density at radius 1 is 1.18 bits per heavy atom. The van der Waals surface area contributed by atoms with Gasteiger partial charge in [0.15, 0.2) is 0 Å². The van der Waals surface area contributed by atoms with Crippen LogP contribution in [-0.2, 0) is 14.8 Å². The predicted molar refractivity (Wildman–Crippen MR) is 70.3 cm³/mol.